The molecule has 0 aromatic heterocycles. The van der Waals surface area contributed by atoms with Gasteiger partial charge >= 0.3 is 0 Å². The fourth-order valence-corrected chi connectivity index (χ4v) is 5.33. The van der Waals surface area contributed by atoms with Crippen molar-refractivity contribution in [2.45, 2.75) is 24.3 Å². The van der Waals surface area contributed by atoms with Gasteiger partial charge < -0.3 is 14.8 Å². The van der Waals surface area contributed by atoms with Crippen LogP contribution in [0.15, 0.2) is 47.4 Å². The van der Waals surface area contributed by atoms with E-state index < -0.39 is 10.0 Å². The molecule has 0 saturated carbocycles. The first-order chi connectivity index (χ1) is 13.0. The van der Waals surface area contributed by atoms with Crippen LogP contribution in [0, 0.1) is 0 Å². The maximum atomic E-state index is 13.6. The lowest BCUT2D eigenvalue weighted by atomic mass is 10.0. The number of ether oxygens (including phenoxy) is 2. The van der Waals surface area contributed by atoms with Crippen LogP contribution in [0.3, 0.4) is 0 Å². The van der Waals surface area contributed by atoms with Gasteiger partial charge in [-0.3, -0.25) is 0 Å². The number of nitrogens with one attached hydrogen (secondary N) is 1. The molecular weight excluding hydrogens is 364 g/mol. The van der Waals surface area contributed by atoms with Crippen LogP contribution in [0.25, 0.3) is 0 Å². The minimum atomic E-state index is -3.82. The normalized spacial score (nSPS) is 18.3. The molecule has 146 valence electrons. The summed E-state index contributed by atoms with van der Waals surface area (Å²) in [5.74, 6) is 0.570. The fourth-order valence-electron chi connectivity index (χ4n) is 3.42. The molecule has 1 atom stereocenters. The molecule has 0 spiro atoms. The minimum absolute atomic E-state index is 0.0760. The summed E-state index contributed by atoms with van der Waals surface area (Å²) in [5.41, 5.74) is 2.19. The second-order valence-corrected chi connectivity index (χ2v) is 8.25. The van der Waals surface area contributed by atoms with E-state index in [1.807, 2.05) is 12.1 Å². The molecule has 1 unspecified atom stereocenters. The Hall–Kier alpha value is -2.09. The molecule has 1 aliphatic rings. The Kier molecular flexibility index (Phi) is 6.04. The molecule has 0 aliphatic carbocycles. The van der Waals surface area contributed by atoms with Crippen LogP contribution in [0.2, 0.25) is 0 Å². The Morgan fingerprint density at radius 2 is 1.70 bits per heavy atom. The van der Waals surface area contributed by atoms with E-state index in [1.165, 1.54) is 19.8 Å². The molecule has 7 heteroatoms. The Morgan fingerprint density at radius 3 is 2.26 bits per heavy atom. The molecule has 27 heavy (non-hydrogen) atoms. The average molecular weight is 391 g/mol. The summed E-state index contributed by atoms with van der Waals surface area (Å²) in [6.07, 6.45) is 0.948. The molecular formula is C20H26N2O4S. The van der Waals surface area contributed by atoms with E-state index in [9.17, 15) is 8.42 Å². The van der Waals surface area contributed by atoms with E-state index >= 15 is 0 Å². The molecule has 1 heterocycles. The number of hydrogen-bond donors (Lipinski definition) is 1. The van der Waals surface area contributed by atoms with Crippen LogP contribution in [0.5, 0.6) is 11.5 Å². The first-order valence-corrected chi connectivity index (χ1v) is 10.5. The maximum absolute atomic E-state index is 13.6. The molecule has 0 radical (unpaired) electrons. The van der Waals surface area contributed by atoms with Crippen molar-refractivity contribution >= 4 is 10.0 Å². The zero-order valence-corrected chi connectivity index (χ0v) is 16.8. The first kappa shape index (κ1) is 19.7. The van der Waals surface area contributed by atoms with Crippen molar-refractivity contribution < 1.29 is 17.9 Å². The Bertz CT molecular complexity index is 859. The van der Waals surface area contributed by atoms with Gasteiger partial charge in [-0.1, -0.05) is 37.3 Å². The molecule has 2 aromatic rings. The predicted octanol–water partition coefficient (Wildman–Crippen LogP) is 2.60. The van der Waals surface area contributed by atoms with Crippen LogP contribution in [-0.4, -0.2) is 46.6 Å². The summed E-state index contributed by atoms with van der Waals surface area (Å²) >= 11 is 0. The third-order valence-electron chi connectivity index (χ3n) is 4.92. The molecule has 3 rings (SSSR count). The van der Waals surface area contributed by atoms with Gasteiger partial charge in [-0.25, -0.2) is 8.42 Å². The number of benzene rings is 2. The highest BCUT2D eigenvalue weighted by Gasteiger charge is 2.38. The SMILES string of the molecule is CCc1ccc(C2CNCCN2S(=O)(=O)c2c(OC)cccc2OC)cc1. The molecule has 1 fully saturated rings. The van der Waals surface area contributed by atoms with E-state index in [1.54, 1.807) is 22.5 Å². The van der Waals surface area contributed by atoms with Crippen LogP contribution in [0.4, 0.5) is 0 Å². The van der Waals surface area contributed by atoms with E-state index in [0.29, 0.717) is 19.6 Å². The van der Waals surface area contributed by atoms with E-state index in [4.69, 9.17) is 9.47 Å². The van der Waals surface area contributed by atoms with Gasteiger partial charge in [0.1, 0.15) is 11.5 Å². The molecule has 6 nitrogen and oxygen atoms in total. The number of aryl methyl sites for hydroxylation is 1. The average Bonchev–Trinajstić information content (AvgIpc) is 2.73. The molecule has 1 aliphatic heterocycles. The second-order valence-electron chi connectivity index (χ2n) is 6.42. The van der Waals surface area contributed by atoms with E-state index in [0.717, 1.165) is 12.0 Å². The Balaban J connectivity index is 2.06. The van der Waals surface area contributed by atoms with Gasteiger partial charge in [0.05, 0.1) is 20.3 Å². The van der Waals surface area contributed by atoms with Crippen LogP contribution in [0.1, 0.15) is 24.1 Å². The number of sulfonamides is 1. The summed E-state index contributed by atoms with van der Waals surface area (Å²) in [7, 11) is -0.888. The van der Waals surface area contributed by atoms with Crippen molar-refractivity contribution in [2.24, 2.45) is 0 Å². The second kappa shape index (κ2) is 8.29. The standard InChI is InChI=1S/C20H26N2O4S/c1-4-15-8-10-16(11-9-15)17-14-21-12-13-22(17)27(23,24)20-18(25-2)6-5-7-19(20)26-3/h5-11,17,21H,4,12-14H2,1-3H3. The zero-order valence-electron chi connectivity index (χ0n) is 15.9. The topological polar surface area (TPSA) is 67.9 Å². The molecule has 0 bridgehead atoms. The van der Waals surface area contributed by atoms with Crippen molar-refractivity contribution in [3.05, 3.63) is 53.6 Å². The van der Waals surface area contributed by atoms with Gasteiger partial charge in [0, 0.05) is 19.6 Å². The summed E-state index contributed by atoms with van der Waals surface area (Å²) in [6, 6.07) is 12.8. The molecule has 1 saturated heterocycles. The predicted molar refractivity (Wildman–Crippen MR) is 105 cm³/mol. The Morgan fingerprint density at radius 1 is 1.07 bits per heavy atom. The van der Waals surface area contributed by atoms with Crippen molar-refractivity contribution in [1.82, 2.24) is 9.62 Å². The monoisotopic (exact) mass is 390 g/mol. The van der Waals surface area contributed by atoms with Gasteiger partial charge in [-0.2, -0.15) is 4.31 Å². The molecule has 2 aromatic carbocycles. The highest BCUT2D eigenvalue weighted by atomic mass is 32.2. The van der Waals surface area contributed by atoms with Gasteiger partial charge in [0.15, 0.2) is 4.90 Å². The van der Waals surface area contributed by atoms with Crippen molar-refractivity contribution in [3.8, 4) is 11.5 Å². The van der Waals surface area contributed by atoms with Gasteiger partial charge in [-0.05, 0) is 29.7 Å². The molecule has 1 N–H and O–H groups in total. The van der Waals surface area contributed by atoms with Crippen molar-refractivity contribution in [1.29, 1.82) is 0 Å². The summed E-state index contributed by atoms with van der Waals surface area (Å²) in [6.45, 7) is 3.63. The third-order valence-corrected chi connectivity index (χ3v) is 6.89. The number of rotatable bonds is 6. The molecule has 0 amide bonds. The van der Waals surface area contributed by atoms with Gasteiger partial charge in [0.25, 0.3) is 10.0 Å². The number of methoxy groups -OCH3 is 2. The lowest BCUT2D eigenvalue weighted by Gasteiger charge is -2.36. The smallest absolute Gasteiger partial charge is 0.251 e. The van der Waals surface area contributed by atoms with Crippen LogP contribution < -0.4 is 14.8 Å². The highest BCUT2D eigenvalue weighted by molar-refractivity contribution is 7.89. The minimum Gasteiger partial charge on any atom is -0.495 e. The zero-order chi connectivity index (χ0) is 19.4. The van der Waals surface area contributed by atoms with Crippen LogP contribution >= 0.6 is 0 Å². The van der Waals surface area contributed by atoms with E-state index in [2.05, 4.69) is 24.4 Å². The van der Waals surface area contributed by atoms with Crippen LogP contribution in [-0.2, 0) is 16.4 Å². The first-order valence-electron chi connectivity index (χ1n) is 9.05. The summed E-state index contributed by atoms with van der Waals surface area (Å²) < 4.78 is 39.4. The number of hydrogen-bond acceptors (Lipinski definition) is 5. The summed E-state index contributed by atoms with van der Waals surface area (Å²) in [5, 5.41) is 3.30. The van der Waals surface area contributed by atoms with Gasteiger partial charge in [0.2, 0.25) is 0 Å². The van der Waals surface area contributed by atoms with Crippen molar-refractivity contribution in [2.75, 3.05) is 33.9 Å². The lowest BCUT2D eigenvalue weighted by molar-refractivity contribution is 0.268. The quantitative estimate of drug-likeness (QED) is 0.821. The fraction of sp³-hybridized carbons (Fsp3) is 0.400. The highest BCUT2D eigenvalue weighted by Crippen LogP contribution is 2.38. The van der Waals surface area contributed by atoms with Gasteiger partial charge in [-0.15, -0.1) is 0 Å². The largest absolute Gasteiger partial charge is 0.495 e. The lowest BCUT2D eigenvalue weighted by Crippen LogP contribution is -2.48. The third kappa shape index (κ3) is 3.81. The number of piperazine rings is 1. The van der Waals surface area contributed by atoms with E-state index in [-0.39, 0.29) is 22.4 Å². The Labute approximate surface area is 161 Å². The van der Waals surface area contributed by atoms with Crippen molar-refractivity contribution in [3.63, 3.8) is 0 Å². The maximum Gasteiger partial charge on any atom is 0.251 e. The number of nitrogens with zero attached hydrogens (tertiary/aromatic N) is 1. The summed E-state index contributed by atoms with van der Waals surface area (Å²) in [4.78, 5) is 0.0760.